The molecule has 1 rings (SSSR count). The van der Waals surface area contributed by atoms with Crippen LogP contribution in [0, 0.1) is 5.92 Å². The Balaban J connectivity index is 2.58. The number of carbonyl (C=O) groups is 1. The van der Waals surface area contributed by atoms with Gasteiger partial charge in [-0.25, -0.2) is 0 Å². The first-order valence-electron chi connectivity index (χ1n) is 6.71. The molecule has 0 fully saturated rings. The number of hydrogen-bond acceptors (Lipinski definition) is 2. The monoisotopic (exact) mass is 249 g/mol. The van der Waals surface area contributed by atoms with Gasteiger partial charge in [0.2, 0.25) is 5.91 Å². The number of rotatable bonds is 7. The molecule has 100 valence electrons. The van der Waals surface area contributed by atoms with Gasteiger partial charge in [0.05, 0.1) is 0 Å². The second-order valence-corrected chi connectivity index (χ2v) is 4.55. The molecule has 1 aromatic carbocycles. The molecule has 3 nitrogen and oxygen atoms in total. The van der Waals surface area contributed by atoms with Crippen LogP contribution in [-0.4, -0.2) is 17.6 Å². The highest BCUT2D eigenvalue weighted by molar-refractivity contribution is 5.92. The van der Waals surface area contributed by atoms with Crippen LogP contribution >= 0.6 is 0 Å². The minimum atomic E-state index is -0.106. The van der Waals surface area contributed by atoms with E-state index in [1.807, 2.05) is 31.2 Å². The summed E-state index contributed by atoms with van der Waals surface area (Å²) in [5.74, 6) is -0.111. The maximum atomic E-state index is 11.9. The van der Waals surface area contributed by atoms with E-state index in [1.54, 1.807) is 0 Å². The lowest BCUT2D eigenvalue weighted by Gasteiger charge is -2.13. The van der Waals surface area contributed by atoms with Crippen LogP contribution in [0.1, 0.15) is 38.7 Å². The van der Waals surface area contributed by atoms with E-state index in [0.717, 1.165) is 24.9 Å². The quantitative estimate of drug-likeness (QED) is 0.780. The lowest BCUT2D eigenvalue weighted by molar-refractivity contribution is -0.120. The first-order chi connectivity index (χ1) is 8.71. The Bertz CT molecular complexity index is 359. The molecular weight excluding hydrogens is 226 g/mol. The third kappa shape index (κ3) is 4.49. The third-order valence-corrected chi connectivity index (χ3v) is 3.10. The summed E-state index contributed by atoms with van der Waals surface area (Å²) < 4.78 is 0. The predicted octanol–water partition coefficient (Wildman–Crippen LogP) is 2.99. The highest BCUT2D eigenvalue weighted by Crippen LogP contribution is 2.15. The molecule has 0 heterocycles. The van der Waals surface area contributed by atoms with Crippen molar-refractivity contribution in [1.82, 2.24) is 0 Å². The molecule has 1 amide bonds. The van der Waals surface area contributed by atoms with Gasteiger partial charge < -0.3 is 10.4 Å². The van der Waals surface area contributed by atoms with Crippen LogP contribution in [0.15, 0.2) is 24.3 Å². The molecule has 1 unspecified atom stereocenters. The fourth-order valence-corrected chi connectivity index (χ4v) is 1.96. The molecule has 18 heavy (non-hydrogen) atoms. The first-order valence-corrected chi connectivity index (χ1v) is 6.71. The Morgan fingerprint density at radius 3 is 2.44 bits per heavy atom. The van der Waals surface area contributed by atoms with Crippen molar-refractivity contribution in [3.63, 3.8) is 0 Å². The topological polar surface area (TPSA) is 49.3 Å². The number of aliphatic hydroxyl groups excluding tert-OH is 1. The van der Waals surface area contributed by atoms with Gasteiger partial charge in [0.1, 0.15) is 0 Å². The predicted molar refractivity (Wildman–Crippen MR) is 74.6 cm³/mol. The second-order valence-electron chi connectivity index (χ2n) is 4.55. The molecule has 2 N–H and O–H groups in total. The van der Waals surface area contributed by atoms with Crippen molar-refractivity contribution in [2.24, 2.45) is 5.92 Å². The number of amides is 1. The molecule has 0 radical (unpaired) electrons. The zero-order valence-electron chi connectivity index (χ0n) is 11.3. The van der Waals surface area contributed by atoms with Crippen molar-refractivity contribution in [2.75, 3.05) is 11.9 Å². The van der Waals surface area contributed by atoms with Gasteiger partial charge in [0.15, 0.2) is 0 Å². The zero-order chi connectivity index (χ0) is 13.4. The average molecular weight is 249 g/mol. The number of carbonyl (C=O) groups excluding carboxylic acids is 1. The van der Waals surface area contributed by atoms with Crippen molar-refractivity contribution in [2.45, 2.75) is 39.5 Å². The van der Waals surface area contributed by atoms with E-state index in [-0.39, 0.29) is 18.4 Å². The highest BCUT2D eigenvalue weighted by Gasteiger charge is 2.15. The summed E-state index contributed by atoms with van der Waals surface area (Å²) in [4.78, 5) is 11.9. The van der Waals surface area contributed by atoms with E-state index >= 15 is 0 Å². The van der Waals surface area contributed by atoms with Crippen molar-refractivity contribution in [1.29, 1.82) is 0 Å². The maximum Gasteiger partial charge on any atom is 0.227 e. The van der Waals surface area contributed by atoms with Gasteiger partial charge in [-0.2, -0.15) is 0 Å². The first kappa shape index (κ1) is 14.7. The Morgan fingerprint density at radius 1 is 1.28 bits per heavy atom. The molecule has 0 bridgehead atoms. The number of nitrogens with one attached hydrogen (secondary N) is 1. The van der Waals surface area contributed by atoms with Gasteiger partial charge in [0, 0.05) is 18.2 Å². The Morgan fingerprint density at radius 2 is 1.94 bits per heavy atom. The molecule has 3 heteroatoms. The Labute approximate surface area is 109 Å². The summed E-state index contributed by atoms with van der Waals surface area (Å²) in [5, 5.41) is 11.8. The maximum absolute atomic E-state index is 11.9. The van der Waals surface area contributed by atoms with E-state index < -0.39 is 0 Å². The normalized spacial score (nSPS) is 12.2. The molecule has 0 aromatic heterocycles. The van der Waals surface area contributed by atoms with E-state index in [0.29, 0.717) is 6.42 Å². The zero-order valence-corrected chi connectivity index (χ0v) is 11.3. The molecular formula is C15H23NO2. The lowest BCUT2D eigenvalue weighted by Crippen LogP contribution is -2.23. The standard InChI is InChI=1S/C15H23NO2/c1-3-5-12-6-8-14(9-7-12)16-15(18)13(4-2)10-11-17/h6-9,13,17H,3-5,10-11H2,1-2H3,(H,16,18). The molecule has 0 aliphatic carbocycles. The number of aliphatic hydroxyl groups is 1. The van der Waals surface area contributed by atoms with Crippen LogP contribution in [0.2, 0.25) is 0 Å². The lowest BCUT2D eigenvalue weighted by atomic mass is 10.0. The molecule has 1 atom stereocenters. The molecule has 0 aliphatic rings. The van der Waals surface area contributed by atoms with Crippen LogP contribution in [0.5, 0.6) is 0 Å². The fourth-order valence-electron chi connectivity index (χ4n) is 1.96. The van der Waals surface area contributed by atoms with Crippen LogP contribution in [0.25, 0.3) is 0 Å². The summed E-state index contributed by atoms with van der Waals surface area (Å²) in [6, 6.07) is 7.97. The number of benzene rings is 1. The van der Waals surface area contributed by atoms with E-state index in [9.17, 15) is 4.79 Å². The van der Waals surface area contributed by atoms with Crippen LogP contribution in [-0.2, 0) is 11.2 Å². The second kappa shape index (κ2) is 7.88. The summed E-state index contributed by atoms with van der Waals surface area (Å²) in [6.07, 6.45) is 3.47. The molecule has 0 spiro atoms. The number of hydrogen-bond donors (Lipinski definition) is 2. The van der Waals surface area contributed by atoms with Crippen molar-refractivity contribution >= 4 is 11.6 Å². The third-order valence-electron chi connectivity index (χ3n) is 3.10. The van der Waals surface area contributed by atoms with Gasteiger partial charge in [0.25, 0.3) is 0 Å². The van der Waals surface area contributed by atoms with Crippen LogP contribution < -0.4 is 5.32 Å². The molecule has 0 aliphatic heterocycles. The smallest absolute Gasteiger partial charge is 0.227 e. The molecule has 0 saturated heterocycles. The minimum Gasteiger partial charge on any atom is -0.396 e. The van der Waals surface area contributed by atoms with Gasteiger partial charge in [-0.3, -0.25) is 4.79 Å². The van der Waals surface area contributed by atoms with Crippen LogP contribution in [0.4, 0.5) is 5.69 Å². The summed E-state index contributed by atoms with van der Waals surface area (Å²) in [7, 11) is 0. The van der Waals surface area contributed by atoms with E-state index in [2.05, 4.69) is 12.2 Å². The number of anilines is 1. The van der Waals surface area contributed by atoms with Crippen molar-refractivity contribution in [3.05, 3.63) is 29.8 Å². The average Bonchev–Trinajstić information content (AvgIpc) is 2.38. The van der Waals surface area contributed by atoms with E-state index in [4.69, 9.17) is 5.11 Å². The highest BCUT2D eigenvalue weighted by atomic mass is 16.3. The van der Waals surface area contributed by atoms with Gasteiger partial charge in [-0.1, -0.05) is 32.4 Å². The minimum absolute atomic E-state index is 0.00482. The van der Waals surface area contributed by atoms with Crippen LogP contribution in [0.3, 0.4) is 0 Å². The SMILES string of the molecule is CCCc1ccc(NC(=O)C(CC)CCO)cc1. The summed E-state index contributed by atoms with van der Waals surface area (Å²) >= 11 is 0. The van der Waals surface area contributed by atoms with Crippen molar-refractivity contribution < 1.29 is 9.90 Å². The molecule has 0 saturated carbocycles. The van der Waals surface area contributed by atoms with Crippen molar-refractivity contribution in [3.8, 4) is 0 Å². The van der Waals surface area contributed by atoms with Gasteiger partial charge in [-0.05, 0) is 37.0 Å². The Kier molecular flexibility index (Phi) is 6.44. The fraction of sp³-hybridized carbons (Fsp3) is 0.533. The summed E-state index contributed by atoms with van der Waals surface area (Å²) in [6.45, 7) is 4.17. The largest absolute Gasteiger partial charge is 0.396 e. The van der Waals surface area contributed by atoms with Gasteiger partial charge >= 0.3 is 0 Å². The number of aryl methyl sites for hydroxylation is 1. The van der Waals surface area contributed by atoms with Gasteiger partial charge in [-0.15, -0.1) is 0 Å². The Hall–Kier alpha value is -1.35. The van der Waals surface area contributed by atoms with E-state index in [1.165, 1.54) is 5.56 Å². The summed E-state index contributed by atoms with van der Waals surface area (Å²) in [5.41, 5.74) is 2.12. The molecule has 1 aromatic rings.